The van der Waals surface area contributed by atoms with Crippen LogP contribution in [0, 0.1) is 18.6 Å². The monoisotopic (exact) mass is 489 g/mol. The number of aryl methyl sites for hydroxylation is 2. The van der Waals surface area contributed by atoms with Crippen LogP contribution in [0.5, 0.6) is 0 Å². The molecule has 1 aliphatic heterocycles. The molecule has 4 nitrogen and oxygen atoms in total. The van der Waals surface area contributed by atoms with Gasteiger partial charge in [-0.2, -0.15) is 0 Å². The van der Waals surface area contributed by atoms with Crippen LogP contribution in [0.25, 0.3) is 5.00 Å². The molecular formula is C28H25F2N3OS. The van der Waals surface area contributed by atoms with E-state index in [4.69, 9.17) is 0 Å². The molecule has 0 saturated carbocycles. The van der Waals surface area contributed by atoms with E-state index < -0.39 is 17.7 Å². The summed E-state index contributed by atoms with van der Waals surface area (Å²) < 4.78 is 30.5. The molecule has 178 valence electrons. The van der Waals surface area contributed by atoms with Crippen LogP contribution in [0.3, 0.4) is 0 Å². The maximum atomic E-state index is 14.5. The summed E-state index contributed by atoms with van der Waals surface area (Å²) in [5.74, 6) is -1.27. The Hall–Kier alpha value is -3.45. The molecule has 2 amide bonds. The van der Waals surface area contributed by atoms with Crippen LogP contribution in [-0.2, 0) is 19.4 Å². The number of thiophene rings is 1. The third-order valence-corrected chi connectivity index (χ3v) is 8.30. The van der Waals surface area contributed by atoms with Gasteiger partial charge in [0.05, 0.1) is 24.0 Å². The summed E-state index contributed by atoms with van der Waals surface area (Å²) in [6.45, 7) is 2.42. The Morgan fingerprint density at radius 1 is 1.03 bits per heavy atom. The summed E-state index contributed by atoms with van der Waals surface area (Å²) >= 11 is 1.82. The number of halogens is 2. The SMILES string of the molecule is Cc1cccc([C@@H]2c3cccn3-c3sc4c(c3CN2C(=O)Nc2cc(F)ccc2F)CCCC4)c1. The van der Waals surface area contributed by atoms with Gasteiger partial charge in [-0.05, 0) is 68.0 Å². The molecule has 0 spiro atoms. The minimum absolute atomic E-state index is 0.162. The Morgan fingerprint density at radius 3 is 2.74 bits per heavy atom. The van der Waals surface area contributed by atoms with Crippen molar-refractivity contribution in [2.45, 2.75) is 45.2 Å². The first-order valence-corrected chi connectivity index (χ1v) is 12.7. The van der Waals surface area contributed by atoms with E-state index in [-0.39, 0.29) is 11.7 Å². The van der Waals surface area contributed by atoms with Gasteiger partial charge in [0.1, 0.15) is 16.6 Å². The zero-order chi connectivity index (χ0) is 24.1. The van der Waals surface area contributed by atoms with E-state index in [1.807, 2.05) is 48.6 Å². The molecule has 4 aromatic rings. The number of benzene rings is 2. The largest absolute Gasteiger partial charge is 0.323 e. The van der Waals surface area contributed by atoms with E-state index >= 15 is 0 Å². The molecule has 0 fully saturated rings. The third kappa shape index (κ3) is 3.84. The summed E-state index contributed by atoms with van der Waals surface area (Å²) in [4.78, 5) is 17.0. The van der Waals surface area contributed by atoms with Crippen molar-refractivity contribution in [1.82, 2.24) is 9.47 Å². The molecule has 35 heavy (non-hydrogen) atoms. The van der Waals surface area contributed by atoms with Gasteiger partial charge in [-0.15, -0.1) is 11.3 Å². The Labute approximate surface area is 206 Å². The van der Waals surface area contributed by atoms with Gasteiger partial charge in [-0.3, -0.25) is 0 Å². The van der Waals surface area contributed by atoms with E-state index in [1.54, 1.807) is 4.90 Å². The van der Waals surface area contributed by atoms with Gasteiger partial charge in [0, 0.05) is 22.7 Å². The number of rotatable bonds is 2. The number of nitrogens with zero attached hydrogens (tertiary/aromatic N) is 2. The number of hydrogen-bond acceptors (Lipinski definition) is 2. The molecule has 2 aliphatic rings. The van der Waals surface area contributed by atoms with Crippen LogP contribution >= 0.6 is 11.3 Å². The van der Waals surface area contributed by atoms with Gasteiger partial charge < -0.3 is 14.8 Å². The molecule has 0 saturated heterocycles. The van der Waals surface area contributed by atoms with Crippen molar-refractivity contribution in [2.75, 3.05) is 5.32 Å². The number of amides is 2. The number of anilines is 1. The molecular weight excluding hydrogens is 464 g/mol. The molecule has 0 unspecified atom stereocenters. The van der Waals surface area contributed by atoms with E-state index in [0.29, 0.717) is 6.54 Å². The average Bonchev–Trinajstić information content (AvgIpc) is 3.43. The van der Waals surface area contributed by atoms with Crippen molar-refractivity contribution in [1.29, 1.82) is 0 Å². The highest BCUT2D eigenvalue weighted by Gasteiger charge is 2.36. The van der Waals surface area contributed by atoms with Gasteiger partial charge in [-0.25, -0.2) is 13.6 Å². The predicted octanol–water partition coefficient (Wildman–Crippen LogP) is 7.14. The van der Waals surface area contributed by atoms with Gasteiger partial charge >= 0.3 is 6.03 Å². The molecule has 3 heterocycles. The second kappa shape index (κ2) is 8.64. The zero-order valence-corrected chi connectivity index (χ0v) is 20.2. The lowest BCUT2D eigenvalue weighted by atomic mass is 9.95. The topological polar surface area (TPSA) is 37.3 Å². The van der Waals surface area contributed by atoms with Crippen LogP contribution in [-0.4, -0.2) is 15.5 Å². The van der Waals surface area contributed by atoms with Gasteiger partial charge in [-0.1, -0.05) is 29.8 Å². The molecule has 2 aromatic heterocycles. The molecule has 0 radical (unpaired) electrons. The molecule has 1 atom stereocenters. The fraction of sp³-hybridized carbons (Fsp3) is 0.250. The van der Waals surface area contributed by atoms with Gasteiger partial charge in [0.25, 0.3) is 0 Å². The lowest BCUT2D eigenvalue weighted by molar-refractivity contribution is 0.194. The van der Waals surface area contributed by atoms with Crippen LogP contribution in [0.15, 0.2) is 60.8 Å². The molecule has 0 bridgehead atoms. The number of carbonyl (C=O) groups excluding carboxylic acids is 1. The van der Waals surface area contributed by atoms with Crippen LogP contribution in [0.4, 0.5) is 19.3 Å². The van der Waals surface area contributed by atoms with Crippen molar-refractivity contribution in [3.8, 4) is 5.00 Å². The number of urea groups is 1. The predicted molar refractivity (Wildman–Crippen MR) is 134 cm³/mol. The number of nitrogens with one attached hydrogen (secondary N) is 1. The summed E-state index contributed by atoms with van der Waals surface area (Å²) in [7, 11) is 0. The first-order valence-electron chi connectivity index (χ1n) is 11.9. The minimum atomic E-state index is -0.668. The highest BCUT2D eigenvalue weighted by molar-refractivity contribution is 7.15. The molecule has 7 heteroatoms. The van der Waals surface area contributed by atoms with Crippen molar-refractivity contribution in [3.63, 3.8) is 0 Å². The number of fused-ring (bicyclic) bond motifs is 5. The summed E-state index contributed by atoms with van der Waals surface area (Å²) in [5, 5.41) is 3.81. The first kappa shape index (κ1) is 22.0. The highest BCUT2D eigenvalue weighted by Crippen LogP contribution is 2.44. The first-order chi connectivity index (χ1) is 17.0. The van der Waals surface area contributed by atoms with E-state index in [9.17, 15) is 13.6 Å². The van der Waals surface area contributed by atoms with Crippen LogP contribution in [0.2, 0.25) is 0 Å². The van der Waals surface area contributed by atoms with Crippen LogP contribution in [0.1, 0.15) is 51.7 Å². The van der Waals surface area contributed by atoms with Crippen molar-refractivity contribution < 1.29 is 13.6 Å². The Balaban J connectivity index is 1.51. The van der Waals surface area contributed by atoms with Crippen molar-refractivity contribution in [2.24, 2.45) is 0 Å². The van der Waals surface area contributed by atoms with E-state index in [1.165, 1.54) is 16.9 Å². The maximum absolute atomic E-state index is 14.5. The van der Waals surface area contributed by atoms with Crippen molar-refractivity contribution >= 4 is 23.1 Å². The molecule has 6 rings (SSSR count). The number of carbonyl (C=O) groups is 1. The lowest BCUT2D eigenvalue weighted by Gasteiger charge is -2.31. The Morgan fingerprint density at radius 2 is 1.89 bits per heavy atom. The fourth-order valence-electron chi connectivity index (χ4n) is 5.36. The smallest absolute Gasteiger partial charge is 0.310 e. The van der Waals surface area contributed by atoms with Crippen LogP contribution < -0.4 is 5.32 Å². The zero-order valence-electron chi connectivity index (χ0n) is 19.4. The average molecular weight is 490 g/mol. The summed E-state index contributed by atoms with van der Waals surface area (Å²) in [6.07, 6.45) is 6.44. The van der Waals surface area contributed by atoms with E-state index in [2.05, 4.69) is 22.1 Å². The maximum Gasteiger partial charge on any atom is 0.323 e. The van der Waals surface area contributed by atoms with Gasteiger partial charge in [0.2, 0.25) is 0 Å². The molecule has 1 aliphatic carbocycles. The van der Waals surface area contributed by atoms with Crippen molar-refractivity contribution in [3.05, 3.63) is 105 Å². The Bertz CT molecular complexity index is 1440. The third-order valence-electron chi connectivity index (χ3n) is 6.97. The summed E-state index contributed by atoms with van der Waals surface area (Å²) in [6, 6.07) is 14.4. The quantitative estimate of drug-likeness (QED) is 0.319. The highest BCUT2D eigenvalue weighted by atomic mass is 32.1. The standard InChI is InChI=1S/C28H25F2N3OS/c1-17-6-4-7-18(14-17)26-24-9-5-13-32(24)27-21(20-8-2-3-10-25(20)35-27)16-33(26)28(34)31-23-15-19(29)11-12-22(23)30/h4-7,9,11-15,26H,2-3,8,10,16H2,1H3,(H,31,34)/t26-/m1/s1. The fourth-order valence-corrected chi connectivity index (χ4v) is 6.76. The second-order valence-electron chi connectivity index (χ2n) is 9.30. The number of aromatic nitrogens is 1. The minimum Gasteiger partial charge on any atom is -0.310 e. The summed E-state index contributed by atoms with van der Waals surface area (Å²) in [5.41, 5.74) is 5.38. The molecule has 1 N–H and O–H groups in total. The normalized spacial score (nSPS) is 16.8. The lowest BCUT2D eigenvalue weighted by Crippen LogP contribution is -2.38. The Kier molecular flexibility index (Phi) is 5.44. The number of hydrogen-bond donors (Lipinski definition) is 1. The van der Waals surface area contributed by atoms with Gasteiger partial charge in [0.15, 0.2) is 0 Å². The molecule has 2 aromatic carbocycles. The second-order valence-corrected chi connectivity index (χ2v) is 10.4. The van der Waals surface area contributed by atoms with E-state index in [0.717, 1.165) is 64.8 Å².